The van der Waals surface area contributed by atoms with Gasteiger partial charge in [0.15, 0.2) is 0 Å². The number of benzene rings is 1. The van der Waals surface area contributed by atoms with Gasteiger partial charge in [0.1, 0.15) is 5.75 Å². The van der Waals surface area contributed by atoms with Crippen LogP contribution in [0.1, 0.15) is 24.1 Å². The molecule has 1 N–H and O–H groups in total. The van der Waals surface area contributed by atoms with Gasteiger partial charge < -0.3 is 14.8 Å². The number of pyridine rings is 1. The smallest absolute Gasteiger partial charge is 0.212 e. The molecule has 2 aromatic rings. The molecule has 0 saturated carbocycles. The predicted molar refractivity (Wildman–Crippen MR) is 79.0 cm³/mol. The van der Waals surface area contributed by atoms with Gasteiger partial charge in [0.25, 0.3) is 0 Å². The maximum atomic E-state index is 5.16. The molecule has 0 aliphatic heterocycles. The van der Waals surface area contributed by atoms with E-state index >= 15 is 0 Å². The number of hydrogen-bond donors (Lipinski definition) is 1. The van der Waals surface area contributed by atoms with E-state index in [1.165, 1.54) is 5.56 Å². The molecule has 1 atom stereocenters. The first kappa shape index (κ1) is 14.3. The van der Waals surface area contributed by atoms with E-state index in [0.717, 1.165) is 17.9 Å². The van der Waals surface area contributed by atoms with Gasteiger partial charge in [-0.05, 0) is 30.2 Å². The van der Waals surface area contributed by atoms with Crippen molar-refractivity contribution in [3.05, 3.63) is 53.7 Å². The maximum Gasteiger partial charge on any atom is 0.212 e. The molecule has 1 heterocycles. The van der Waals surface area contributed by atoms with Gasteiger partial charge in [-0.3, -0.25) is 0 Å². The van der Waals surface area contributed by atoms with Crippen molar-refractivity contribution in [1.82, 2.24) is 10.3 Å². The van der Waals surface area contributed by atoms with Crippen LogP contribution >= 0.6 is 0 Å². The summed E-state index contributed by atoms with van der Waals surface area (Å²) < 4.78 is 10.2. The Balaban J connectivity index is 1.91. The van der Waals surface area contributed by atoms with Crippen LogP contribution in [0.15, 0.2) is 42.6 Å². The largest absolute Gasteiger partial charge is 0.497 e. The Morgan fingerprint density at radius 3 is 2.35 bits per heavy atom. The zero-order chi connectivity index (χ0) is 14.4. The highest BCUT2D eigenvalue weighted by Crippen LogP contribution is 2.17. The molecule has 4 nitrogen and oxygen atoms in total. The minimum absolute atomic E-state index is 0.267. The van der Waals surface area contributed by atoms with E-state index in [-0.39, 0.29) is 6.04 Å². The highest BCUT2D eigenvalue weighted by molar-refractivity contribution is 5.29. The van der Waals surface area contributed by atoms with Crippen LogP contribution in [0.5, 0.6) is 11.6 Å². The van der Waals surface area contributed by atoms with Crippen LogP contribution in [0.4, 0.5) is 0 Å². The Bertz CT molecular complexity index is 523. The number of ether oxygens (including phenoxy) is 2. The summed E-state index contributed by atoms with van der Waals surface area (Å²) in [5.41, 5.74) is 2.36. The normalized spacial score (nSPS) is 11.9. The van der Waals surface area contributed by atoms with E-state index in [2.05, 4.69) is 29.4 Å². The third kappa shape index (κ3) is 3.71. The molecule has 1 aromatic carbocycles. The van der Waals surface area contributed by atoms with Crippen molar-refractivity contribution in [2.75, 3.05) is 14.2 Å². The Morgan fingerprint density at radius 2 is 1.80 bits per heavy atom. The molecule has 0 aliphatic carbocycles. The summed E-state index contributed by atoms with van der Waals surface area (Å²) in [4.78, 5) is 4.19. The number of rotatable bonds is 6. The van der Waals surface area contributed by atoms with Crippen molar-refractivity contribution in [2.45, 2.75) is 19.5 Å². The van der Waals surface area contributed by atoms with Crippen molar-refractivity contribution in [1.29, 1.82) is 0 Å². The molecule has 20 heavy (non-hydrogen) atoms. The minimum Gasteiger partial charge on any atom is -0.497 e. The van der Waals surface area contributed by atoms with Crippen LogP contribution in [0.2, 0.25) is 0 Å². The van der Waals surface area contributed by atoms with E-state index < -0.39 is 0 Å². The Labute approximate surface area is 119 Å². The van der Waals surface area contributed by atoms with Crippen molar-refractivity contribution in [2.24, 2.45) is 0 Å². The molecule has 0 unspecified atom stereocenters. The molecule has 0 fully saturated rings. The molecule has 0 radical (unpaired) electrons. The molecule has 1 aromatic heterocycles. The highest BCUT2D eigenvalue weighted by atomic mass is 16.5. The van der Waals surface area contributed by atoms with Gasteiger partial charge in [-0.15, -0.1) is 0 Å². The average Bonchev–Trinajstić information content (AvgIpc) is 2.53. The summed E-state index contributed by atoms with van der Waals surface area (Å²) in [5.74, 6) is 1.51. The van der Waals surface area contributed by atoms with Crippen LogP contribution in [0.3, 0.4) is 0 Å². The van der Waals surface area contributed by atoms with Crippen molar-refractivity contribution in [3.8, 4) is 11.6 Å². The zero-order valence-corrected chi connectivity index (χ0v) is 12.1. The summed E-state index contributed by atoms with van der Waals surface area (Å²) in [5, 5.41) is 3.47. The van der Waals surface area contributed by atoms with Crippen LogP contribution in [0, 0.1) is 0 Å². The molecule has 0 spiro atoms. The van der Waals surface area contributed by atoms with Crippen LogP contribution < -0.4 is 14.8 Å². The fourth-order valence-corrected chi connectivity index (χ4v) is 1.92. The van der Waals surface area contributed by atoms with E-state index in [1.54, 1.807) is 14.2 Å². The van der Waals surface area contributed by atoms with Crippen LogP contribution in [-0.2, 0) is 6.54 Å². The van der Waals surface area contributed by atoms with Crippen LogP contribution in [0.25, 0.3) is 0 Å². The molecule has 0 amide bonds. The lowest BCUT2D eigenvalue weighted by molar-refractivity contribution is 0.397. The topological polar surface area (TPSA) is 43.4 Å². The van der Waals surface area contributed by atoms with Gasteiger partial charge in [-0.1, -0.05) is 18.2 Å². The molecule has 2 rings (SSSR count). The molecule has 0 saturated heterocycles. The lowest BCUT2D eigenvalue weighted by Gasteiger charge is -2.14. The third-order valence-electron chi connectivity index (χ3n) is 3.23. The number of hydrogen-bond acceptors (Lipinski definition) is 4. The summed E-state index contributed by atoms with van der Waals surface area (Å²) in [6.07, 6.45) is 1.83. The second kappa shape index (κ2) is 6.91. The Kier molecular flexibility index (Phi) is 4.96. The zero-order valence-electron chi connectivity index (χ0n) is 12.1. The van der Waals surface area contributed by atoms with Gasteiger partial charge in [-0.25, -0.2) is 4.98 Å². The Hall–Kier alpha value is -2.07. The van der Waals surface area contributed by atoms with Crippen LogP contribution in [-0.4, -0.2) is 19.2 Å². The lowest BCUT2D eigenvalue weighted by Crippen LogP contribution is -2.18. The van der Waals surface area contributed by atoms with E-state index in [9.17, 15) is 0 Å². The molecule has 106 valence electrons. The molecule has 0 bridgehead atoms. The fourth-order valence-electron chi connectivity index (χ4n) is 1.92. The lowest BCUT2D eigenvalue weighted by atomic mass is 10.1. The summed E-state index contributed by atoms with van der Waals surface area (Å²) in [6.45, 7) is 2.91. The average molecular weight is 272 g/mol. The standard InChI is InChI=1S/C16H20N2O2/c1-12(14-5-7-15(19-2)8-6-14)17-10-13-4-9-16(20-3)18-11-13/h4-9,11-12,17H,10H2,1-3H3/t12-/m1/s1. The van der Waals surface area contributed by atoms with Gasteiger partial charge in [0.05, 0.1) is 14.2 Å². The SMILES string of the molecule is COc1ccc([C@@H](C)NCc2ccc(OC)nc2)cc1. The Morgan fingerprint density at radius 1 is 1.05 bits per heavy atom. The van der Waals surface area contributed by atoms with Gasteiger partial charge in [0, 0.05) is 24.8 Å². The highest BCUT2D eigenvalue weighted by Gasteiger charge is 2.05. The number of nitrogens with zero attached hydrogens (tertiary/aromatic N) is 1. The van der Waals surface area contributed by atoms with Crippen molar-refractivity contribution in [3.63, 3.8) is 0 Å². The first-order chi connectivity index (χ1) is 9.72. The van der Waals surface area contributed by atoms with E-state index in [0.29, 0.717) is 5.88 Å². The minimum atomic E-state index is 0.267. The quantitative estimate of drug-likeness (QED) is 0.878. The van der Waals surface area contributed by atoms with E-state index in [4.69, 9.17) is 9.47 Å². The predicted octanol–water partition coefficient (Wildman–Crippen LogP) is 2.95. The maximum absolute atomic E-state index is 5.16. The van der Waals surface area contributed by atoms with Gasteiger partial charge in [-0.2, -0.15) is 0 Å². The first-order valence-electron chi connectivity index (χ1n) is 6.59. The first-order valence-corrected chi connectivity index (χ1v) is 6.59. The monoisotopic (exact) mass is 272 g/mol. The molecule has 4 heteroatoms. The summed E-state index contributed by atoms with van der Waals surface area (Å²) >= 11 is 0. The summed E-state index contributed by atoms with van der Waals surface area (Å²) in [7, 11) is 3.29. The number of aromatic nitrogens is 1. The second-order valence-corrected chi connectivity index (χ2v) is 4.58. The molecular weight excluding hydrogens is 252 g/mol. The molecular formula is C16H20N2O2. The number of nitrogens with one attached hydrogen (secondary N) is 1. The number of methoxy groups -OCH3 is 2. The second-order valence-electron chi connectivity index (χ2n) is 4.58. The fraction of sp³-hybridized carbons (Fsp3) is 0.312. The van der Waals surface area contributed by atoms with Gasteiger partial charge in [0.2, 0.25) is 5.88 Å². The van der Waals surface area contributed by atoms with Gasteiger partial charge >= 0.3 is 0 Å². The third-order valence-corrected chi connectivity index (χ3v) is 3.23. The summed E-state index contributed by atoms with van der Waals surface area (Å²) in [6, 6.07) is 12.2. The van der Waals surface area contributed by atoms with Crippen molar-refractivity contribution < 1.29 is 9.47 Å². The van der Waals surface area contributed by atoms with Crippen molar-refractivity contribution >= 4 is 0 Å². The van der Waals surface area contributed by atoms with E-state index in [1.807, 2.05) is 30.5 Å². The molecule has 0 aliphatic rings.